The molecule has 1 aliphatic rings. The second-order valence-electron chi connectivity index (χ2n) is 5.43. The Morgan fingerprint density at radius 1 is 1.15 bits per heavy atom. The standard InChI is InChI=1S/C17H17ClFN/c1-11-2-3-13(9-16(11)18)12-4-7-17(19)14(8-12)10-20-15-5-6-15/h2-4,7-9,15,20H,5-6,10H2,1H3. The summed E-state index contributed by atoms with van der Waals surface area (Å²) in [4.78, 5) is 0. The highest BCUT2D eigenvalue weighted by Gasteiger charge is 2.20. The largest absolute Gasteiger partial charge is 0.310 e. The van der Waals surface area contributed by atoms with Gasteiger partial charge in [0.05, 0.1) is 0 Å². The van der Waals surface area contributed by atoms with E-state index in [4.69, 9.17) is 11.6 Å². The second kappa shape index (κ2) is 5.55. The molecule has 0 unspecified atom stereocenters. The summed E-state index contributed by atoms with van der Waals surface area (Å²) < 4.78 is 13.8. The van der Waals surface area contributed by atoms with Crippen molar-refractivity contribution in [3.8, 4) is 11.1 Å². The highest BCUT2D eigenvalue weighted by molar-refractivity contribution is 6.31. The Balaban J connectivity index is 1.88. The molecule has 104 valence electrons. The lowest BCUT2D eigenvalue weighted by Crippen LogP contribution is -2.16. The van der Waals surface area contributed by atoms with Gasteiger partial charge in [-0.1, -0.05) is 29.8 Å². The Hall–Kier alpha value is -1.38. The molecule has 0 heterocycles. The molecule has 1 aliphatic carbocycles. The molecule has 1 nitrogen and oxygen atoms in total. The van der Waals surface area contributed by atoms with Gasteiger partial charge in [-0.05, 0) is 54.7 Å². The Labute approximate surface area is 123 Å². The van der Waals surface area contributed by atoms with Gasteiger partial charge in [0, 0.05) is 23.2 Å². The predicted molar refractivity (Wildman–Crippen MR) is 81.4 cm³/mol. The summed E-state index contributed by atoms with van der Waals surface area (Å²) in [6, 6.07) is 11.8. The Bertz CT molecular complexity index is 635. The lowest BCUT2D eigenvalue weighted by atomic mass is 10.0. The summed E-state index contributed by atoms with van der Waals surface area (Å²) in [7, 11) is 0. The van der Waals surface area contributed by atoms with Crippen molar-refractivity contribution in [2.45, 2.75) is 32.4 Å². The molecule has 0 amide bonds. The van der Waals surface area contributed by atoms with Crippen molar-refractivity contribution in [1.29, 1.82) is 0 Å². The Kier molecular flexibility index (Phi) is 3.77. The van der Waals surface area contributed by atoms with E-state index < -0.39 is 0 Å². The summed E-state index contributed by atoms with van der Waals surface area (Å²) in [5.74, 6) is -0.153. The van der Waals surface area contributed by atoms with Crippen LogP contribution in [0.3, 0.4) is 0 Å². The molecule has 0 aromatic heterocycles. The van der Waals surface area contributed by atoms with Crippen molar-refractivity contribution in [2.75, 3.05) is 0 Å². The van der Waals surface area contributed by atoms with Crippen LogP contribution in [0.25, 0.3) is 11.1 Å². The molecule has 0 bridgehead atoms. The lowest BCUT2D eigenvalue weighted by Gasteiger charge is -2.09. The molecule has 20 heavy (non-hydrogen) atoms. The fraction of sp³-hybridized carbons (Fsp3) is 0.294. The zero-order chi connectivity index (χ0) is 14.1. The minimum atomic E-state index is -0.153. The maximum Gasteiger partial charge on any atom is 0.127 e. The molecule has 2 aromatic rings. The van der Waals surface area contributed by atoms with Crippen LogP contribution in [-0.2, 0) is 6.54 Å². The van der Waals surface area contributed by atoms with Crippen LogP contribution < -0.4 is 5.32 Å². The summed E-state index contributed by atoms with van der Waals surface area (Å²) in [5.41, 5.74) is 3.79. The molecule has 3 heteroatoms. The van der Waals surface area contributed by atoms with Gasteiger partial charge in [0.25, 0.3) is 0 Å². The van der Waals surface area contributed by atoms with Crippen LogP contribution in [-0.4, -0.2) is 6.04 Å². The van der Waals surface area contributed by atoms with Gasteiger partial charge in [-0.15, -0.1) is 0 Å². The average molecular weight is 290 g/mol. The van der Waals surface area contributed by atoms with E-state index in [1.165, 1.54) is 18.9 Å². The van der Waals surface area contributed by atoms with Crippen LogP contribution in [0.5, 0.6) is 0 Å². The van der Waals surface area contributed by atoms with E-state index in [0.717, 1.165) is 21.7 Å². The first kappa shape index (κ1) is 13.6. The van der Waals surface area contributed by atoms with E-state index in [2.05, 4.69) is 5.32 Å². The van der Waals surface area contributed by atoms with Crippen molar-refractivity contribution in [3.63, 3.8) is 0 Å². The van der Waals surface area contributed by atoms with Gasteiger partial charge in [-0.25, -0.2) is 4.39 Å². The van der Waals surface area contributed by atoms with E-state index in [0.29, 0.717) is 18.2 Å². The first-order valence-electron chi connectivity index (χ1n) is 6.92. The third-order valence-corrected chi connectivity index (χ3v) is 4.12. The van der Waals surface area contributed by atoms with E-state index >= 15 is 0 Å². The number of aryl methyl sites for hydroxylation is 1. The Morgan fingerprint density at radius 2 is 1.85 bits per heavy atom. The van der Waals surface area contributed by atoms with E-state index in [9.17, 15) is 4.39 Å². The third-order valence-electron chi connectivity index (χ3n) is 3.71. The van der Waals surface area contributed by atoms with E-state index in [1.807, 2.05) is 31.2 Å². The molecular weight excluding hydrogens is 273 g/mol. The highest BCUT2D eigenvalue weighted by atomic mass is 35.5. The molecular formula is C17H17ClFN. The zero-order valence-corrected chi connectivity index (χ0v) is 12.2. The van der Waals surface area contributed by atoms with Crippen molar-refractivity contribution in [1.82, 2.24) is 5.32 Å². The second-order valence-corrected chi connectivity index (χ2v) is 5.83. The summed E-state index contributed by atoms with van der Waals surface area (Å²) in [5, 5.41) is 4.09. The molecule has 0 saturated heterocycles. The van der Waals surface area contributed by atoms with Crippen LogP contribution in [0.4, 0.5) is 4.39 Å². The third kappa shape index (κ3) is 3.02. The van der Waals surface area contributed by atoms with Gasteiger partial charge in [-0.3, -0.25) is 0 Å². The first-order chi connectivity index (χ1) is 9.63. The molecule has 0 aliphatic heterocycles. The molecule has 1 fully saturated rings. The first-order valence-corrected chi connectivity index (χ1v) is 7.29. The minimum Gasteiger partial charge on any atom is -0.310 e. The molecule has 0 atom stereocenters. The maximum absolute atomic E-state index is 13.8. The molecule has 1 saturated carbocycles. The summed E-state index contributed by atoms with van der Waals surface area (Å²) in [6.45, 7) is 2.56. The van der Waals surface area contributed by atoms with Gasteiger partial charge < -0.3 is 5.32 Å². The zero-order valence-electron chi connectivity index (χ0n) is 11.4. The summed E-state index contributed by atoms with van der Waals surface area (Å²) >= 11 is 6.16. The van der Waals surface area contributed by atoms with Gasteiger partial charge in [-0.2, -0.15) is 0 Å². The number of hydrogen-bond donors (Lipinski definition) is 1. The van der Waals surface area contributed by atoms with Gasteiger partial charge in [0.1, 0.15) is 5.82 Å². The topological polar surface area (TPSA) is 12.0 Å². The number of rotatable bonds is 4. The van der Waals surface area contributed by atoms with Crippen molar-refractivity contribution < 1.29 is 4.39 Å². The lowest BCUT2D eigenvalue weighted by molar-refractivity contribution is 0.587. The SMILES string of the molecule is Cc1ccc(-c2ccc(F)c(CNC3CC3)c2)cc1Cl. The maximum atomic E-state index is 13.8. The fourth-order valence-electron chi connectivity index (χ4n) is 2.20. The van der Waals surface area contributed by atoms with Crippen LogP contribution in [0.2, 0.25) is 5.02 Å². The molecule has 2 aromatic carbocycles. The normalized spacial score (nSPS) is 14.6. The molecule has 3 rings (SSSR count). The van der Waals surface area contributed by atoms with Gasteiger partial charge in [0.15, 0.2) is 0 Å². The molecule has 0 radical (unpaired) electrons. The predicted octanol–water partition coefficient (Wildman–Crippen LogP) is 4.71. The summed E-state index contributed by atoms with van der Waals surface area (Å²) in [6.07, 6.45) is 2.41. The fourth-order valence-corrected chi connectivity index (χ4v) is 2.38. The number of hydrogen-bond acceptors (Lipinski definition) is 1. The van der Waals surface area contributed by atoms with Gasteiger partial charge >= 0.3 is 0 Å². The monoisotopic (exact) mass is 289 g/mol. The van der Waals surface area contributed by atoms with Crippen molar-refractivity contribution in [3.05, 3.63) is 58.4 Å². The molecule has 0 spiro atoms. The smallest absolute Gasteiger partial charge is 0.127 e. The van der Waals surface area contributed by atoms with Crippen LogP contribution in [0, 0.1) is 12.7 Å². The Morgan fingerprint density at radius 3 is 2.55 bits per heavy atom. The van der Waals surface area contributed by atoms with E-state index in [-0.39, 0.29) is 5.82 Å². The van der Waals surface area contributed by atoms with Crippen LogP contribution in [0.15, 0.2) is 36.4 Å². The van der Waals surface area contributed by atoms with Crippen LogP contribution in [0.1, 0.15) is 24.0 Å². The van der Waals surface area contributed by atoms with Crippen molar-refractivity contribution in [2.24, 2.45) is 0 Å². The molecule has 1 N–H and O–H groups in total. The quantitative estimate of drug-likeness (QED) is 0.860. The van der Waals surface area contributed by atoms with E-state index in [1.54, 1.807) is 6.07 Å². The highest BCUT2D eigenvalue weighted by Crippen LogP contribution is 2.27. The number of nitrogens with one attached hydrogen (secondary N) is 1. The average Bonchev–Trinajstić information content (AvgIpc) is 3.25. The number of halogens is 2. The minimum absolute atomic E-state index is 0.153. The van der Waals surface area contributed by atoms with Gasteiger partial charge in [0.2, 0.25) is 0 Å². The van der Waals surface area contributed by atoms with Crippen molar-refractivity contribution >= 4 is 11.6 Å². The van der Waals surface area contributed by atoms with Crippen LogP contribution >= 0.6 is 11.6 Å². The number of benzene rings is 2.